The molecule has 0 aromatic heterocycles. The van der Waals surface area contributed by atoms with Crippen molar-refractivity contribution in [3.8, 4) is 0 Å². The van der Waals surface area contributed by atoms with Crippen molar-refractivity contribution in [2.45, 2.75) is 71.1 Å². The molecule has 3 heteroatoms. The van der Waals surface area contributed by atoms with Crippen LogP contribution in [0, 0.1) is 28.6 Å². The van der Waals surface area contributed by atoms with E-state index in [0.717, 1.165) is 37.7 Å². The molecule has 5 fully saturated rings. The molecule has 0 radical (unpaired) electrons. The molecular formula is C20H30O3. The van der Waals surface area contributed by atoms with Gasteiger partial charge in [-0.15, -0.1) is 0 Å². The van der Waals surface area contributed by atoms with E-state index in [1.54, 1.807) is 0 Å². The summed E-state index contributed by atoms with van der Waals surface area (Å²) in [4.78, 5) is 0. The largest absolute Gasteiger partial charge is 0.368 e. The van der Waals surface area contributed by atoms with Crippen molar-refractivity contribution in [1.82, 2.24) is 0 Å². The summed E-state index contributed by atoms with van der Waals surface area (Å²) in [7, 11) is 0. The fourth-order valence-electron chi connectivity index (χ4n) is 6.31. The molecule has 5 aliphatic rings. The lowest BCUT2D eigenvalue weighted by Gasteiger charge is -2.64. The van der Waals surface area contributed by atoms with Crippen molar-refractivity contribution in [3.63, 3.8) is 0 Å². The summed E-state index contributed by atoms with van der Waals surface area (Å²) in [6, 6.07) is 0. The Morgan fingerprint density at radius 1 is 1.35 bits per heavy atom. The van der Waals surface area contributed by atoms with Crippen molar-refractivity contribution in [2.75, 3.05) is 0 Å². The minimum atomic E-state index is -0.631. The first-order valence-corrected chi connectivity index (χ1v) is 9.21. The van der Waals surface area contributed by atoms with Crippen LogP contribution < -0.4 is 0 Å². The van der Waals surface area contributed by atoms with E-state index < -0.39 is 6.29 Å². The molecule has 2 saturated carbocycles. The molecule has 1 N–H and O–H groups in total. The van der Waals surface area contributed by atoms with Crippen LogP contribution in [-0.2, 0) is 9.47 Å². The van der Waals surface area contributed by atoms with Crippen molar-refractivity contribution in [2.24, 2.45) is 28.6 Å². The van der Waals surface area contributed by atoms with Gasteiger partial charge in [0.05, 0.1) is 6.10 Å². The average molecular weight is 318 g/mol. The molecule has 5 rings (SSSR count). The molecule has 23 heavy (non-hydrogen) atoms. The van der Waals surface area contributed by atoms with E-state index in [0.29, 0.717) is 11.8 Å². The Labute approximate surface area is 139 Å². The Morgan fingerprint density at radius 2 is 2.13 bits per heavy atom. The third kappa shape index (κ3) is 1.99. The Kier molecular flexibility index (Phi) is 3.57. The molecule has 4 bridgehead atoms. The molecular weight excluding hydrogens is 288 g/mol. The highest BCUT2D eigenvalue weighted by atomic mass is 16.7. The summed E-state index contributed by atoms with van der Waals surface area (Å²) < 4.78 is 12.0. The molecule has 1 spiro atoms. The number of hydrogen-bond acceptors (Lipinski definition) is 3. The molecule has 3 heterocycles. The van der Waals surface area contributed by atoms with Crippen LogP contribution in [0.2, 0.25) is 0 Å². The van der Waals surface area contributed by atoms with Crippen molar-refractivity contribution < 1.29 is 14.6 Å². The van der Waals surface area contributed by atoms with Gasteiger partial charge in [0.25, 0.3) is 0 Å². The van der Waals surface area contributed by atoms with Gasteiger partial charge in [-0.25, -0.2) is 0 Å². The minimum absolute atomic E-state index is 0.0327. The quantitative estimate of drug-likeness (QED) is 0.795. The van der Waals surface area contributed by atoms with Crippen molar-refractivity contribution >= 4 is 0 Å². The summed E-state index contributed by atoms with van der Waals surface area (Å²) in [5, 5.41) is 10.4. The van der Waals surface area contributed by atoms with E-state index in [1.165, 1.54) is 6.42 Å². The lowest BCUT2D eigenvalue weighted by Crippen LogP contribution is -2.64. The third-order valence-electron chi connectivity index (χ3n) is 7.92. The molecule has 3 unspecified atom stereocenters. The van der Waals surface area contributed by atoms with Crippen LogP contribution in [0.15, 0.2) is 24.8 Å². The summed E-state index contributed by atoms with van der Waals surface area (Å²) >= 11 is 0. The lowest BCUT2D eigenvalue weighted by molar-refractivity contribution is -0.304. The highest BCUT2D eigenvalue weighted by Crippen LogP contribution is 2.71. The smallest absolute Gasteiger partial charge is 0.167 e. The third-order valence-corrected chi connectivity index (χ3v) is 7.92. The van der Waals surface area contributed by atoms with Crippen LogP contribution in [-0.4, -0.2) is 23.8 Å². The van der Waals surface area contributed by atoms with Gasteiger partial charge in [-0.2, -0.15) is 0 Å². The monoisotopic (exact) mass is 318 g/mol. The topological polar surface area (TPSA) is 38.7 Å². The first-order valence-electron chi connectivity index (χ1n) is 9.21. The normalized spacial score (nSPS) is 53.9. The van der Waals surface area contributed by atoms with Crippen LogP contribution in [0.3, 0.4) is 0 Å². The lowest BCUT2D eigenvalue weighted by atomic mass is 9.43. The Balaban J connectivity index is 1.68. The second kappa shape index (κ2) is 5.18. The van der Waals surface area contributed by atoms with Gasteiger partial charge in [0.15, 0.2) is 12.6 Å². The molecule has 3 nitrogen and oxygen atoms in total. The Bertz CT molecular complexity index is 527. The maximum absolute atomic E-state index is 10.4. The van der Waals surface area contributed by atoms with E-state index in [4.69, 9.17) is 9.47 Å². The molecule has 0 aromatic carbocycles. The van der Waals surface area contributed by atoms with Gasteiger partial charge in [0.1, 0.15) is 0 Å². The average Bonchev–Trinajstić information content (AvgIpc) is 2.72. The number of aliphatic hydroxyl groups is 1. The maximum atomic E-state index is 10.4. The van der Waals surface area contributed by atoms with E-state index in [2.05, 4.69) is 27.0 Å². The molecule has 3 saturated heterocycles. The highest BCUT2D eigenvalue weighted by Gasteiger charge is 2.71. The Morgan fingerprint density at radius 3 is 2.83 bits per heavy atom. The zero-order valence-corrected chi connectivity index (χ0v) is 14.5. The molecule has 128 valence electrons. The minimum Gasteiger partial charge on any atom is -0.368 e. The van der Waals surface area contributed by atoms with Crippen molar-refractivity contribution in [3.05, 3.63) is 24.8 Å². The second-order valence-corrected chi connectivity index (χ2v) is 8.67. The zero-order valence-electron chi connectivity index (χ0n) is 14.5. The number of allylic oxidation sites excluding steroid dienone is 2. The van der Waals surface area contributed by atoms with Crippen LogP contribution in [0.5, 0.6) is 0 Å². The highest BCUT2D eigenvalue weighted by molar-refractivity contribution is 5.17. The molecule has 3 aliphatic heterocycles. The molecule has 0 aromatic rings. The predicted molar refractivity (Wildman–Crippen MR) is 89.5 cm³/mol. The first-order chi connectivity index (χ1) is 10.9. The van der Waals surface area contributed by atoms with E-state index in [1.807, 2.05) is 6.08 Å². The SMILES string of the molecule is C=CC(=C)CC[C@]1(C)C2C[C@H]3CC4[C@H](O)O[C@@H](O3)C42CC[C@@H]1C. The van der Waals surface area contributed by atoms with Gasteiger partial charge < -0.3 is 14.6 Å². The first kappa shape index (κ1) is 15.9. The van der Waals surface area contributed by atoms with Gasteiger partial charge in [-0.05, 0) is 55.8 Å². The summed E-state index contributed by atoms with van der Waals surface area (Å²) in [5.41, 5.74) is 1.43. The van der Waals surface area contributed by atoms with Crippen LogP contribution in [0.1, 0.15) is 52.4 Å². The standard InChI is InChI=1S/C20H30O3/c1-5-12(2)6-8-19(4)13(3)7-9-20-15-10-14(11-16(19)20)22-18(20)23-17(15)21/h5,13-18,21H,1-2,6-11H2,3-4H3/t13-,14+,15?,16?,17+,18+,19-,20?/m0/s1. The summed E-state index contributed by atoms with van der Waals surface area (Å²) in [6.07, 6.45) is 7.93. The fourth-order valence-corrected chi connectivity index (χ4v) is 6.31. The second-order valence-electron chi connectivity index (χ2n) is 8.67. The molecule has 8 atom stereocenters. The molecule has 0 amide bonds. The van der Waals surface area contributed by atoms with Gasteiger partial charge in [0.2, 0.25) is 0 Å². The number of aliphatic hydroxyl groups excluding tert-OH is 1. The van der Waals surface area contributed by atoms with Gasteiger partial charge in [-0.3, -0.25) is 0 Å². The predicted octanol–water partition coefficient (Wildman–Crippen LogP) is 4.03. The van der Waals surface area contributed by atoms with Gasteiger partial charge in [-0.1, -0.05) is 38.7 Å². The van der Waals surface area contributed by atoms with E-state index in [9.17, 15) is 5.11 Å². The van der Waals surface area contributed by atoms with Crippen LogP contribution >= 0.6 is 0 Å². The zero-order chi connectivity index (χ0) is 16.4. The van der Waals surface area contributed by atoms with Crippen LogP contribution in [0.4, 0.5) is 0 Å². The number of rotatable bonds is 4. The maximum Gasteiger partial charge on any atom is 0.167 e. The molecule has 2 aliphatic carbocycles. The fraction of sp³-hybridized carbons (Fsp3) is 0.800. The Hall–Kier alpha value is -0.640. The van der Waals surface area contributed by atoms with E-state index >= 15 is 0 Å². The van der Waals surface area contributed by atoms with Gasteiger partial charge in [0, 0.05) is 11.3 Å². The van der Waals surface area contributed by atoms with Crippen LogP contribution in [0.25, 0.3) is 0 Å². The van der Waals surface area contributed by atoms with Crippen molar-refractivity contribution in [1.29, 1.82) is 0 Å². The number of ether oxygens (including phenoxy) is 2. The summed E-state index contributed by atoms with van der Waals surface area (Å²) in [5.74, 6) is 1.53. The van der Waals surface area contributed by atoms with Gasteiger partial charge >= 0.3 is 0 Å². The van der Waals surface area contributed by atoms with E-state index in [-0.39, 0.29) is 29.1 Å². The number of hydrogen-bond donors (Lipinski definition) is 1. The summed E-state index contributed by atoms with van der Waals surface area (Å²) in [6.45, 7) is 12.8.